The maximum atomic E-state index is 12.6. The molecule has 0 saturated carbocycles. The Morgan fingerprint density at radius 1 is 0.879 bits per heavy atom. The van der Waals surface area contributed by atoms with E-state index in [-0.39, 0.29) is 24.6 Å². The first-order valence-corrected chi connectivity index (χ1v) is 10.3. The van der Waals surface area contributed by atoms with E-state index in [1.807, 2.05) is 32.9 Å². The highest BCUT2D eigenvalue weighted by Gasteiger charge is 2.19. The van der Waals surface area contributed by atoms with Crippen LogP contribution in [0.2, 0.25) is 0 Å². The van der Waals surface area contributed by atoms with Crippen LogP contribution in [0.1, 0.15) is 27.0 Å². The van der Waals surface area contributed by atoms with Gasteiger partial charge in [-0.15, -0.1) is 0 Å². The summed E-state index contributed by atoms with van der Waals surface area (Å²) in [6, 6.07) is 6.95. The summed E-state index contributed by atoms with van der Waals surface area (Å²) in [4.78, 5) is 38.7. The minimum absolute atomic E-state index is 0.147. The van der Waals surface area contributed by atoms with Gasteiger partial charge in [0.05, 0.1) is 34.4 Å². The highest BCUT2D eigenvalue weighted by atomic mass is 16.5. The number of hydrogen-bond acceptors (Lipinski definition) is 6. The fraction of sp³-hybridized carbons (Fsp3) is 0.375. The molecule has 178 valence electrons. The lowest BCUT2D eigenvalue weighted by atomic mass is 10.1. The predicted octanol–water partition coefficient (Wildman–Crippen LogP) is 2.46. The normalized spacial score (nSPS) is 10.3. The van der Waals surface area contributed by atoms with Crippen LogP contribution in [-0.2, 0) is 9.59 Å². The van der Waals surface area contributed by atoms with E-state index < -0.39 is 11.8 Å². The molecule has 0 aromatic heterocycles. The molecule has 2 N–H and O–H groups in total. The first-order valence-electron chi connectivity index (χ1n) is 10.3. The van der Waals surface area contributed by atoms with Gasteiger partial charge in [0.2, 0.25) is 17.6 Å². The van der Waals surface area contributed by atoms with E-state index in [1.165, 1.54) is 45.4 Å². The third-order valence-electron chi connectivity index (χ3n) is 5.08. The molecule has 9 nitrogen and oxygen atoms in total. The zero-order valence-electron chi connectivity index (χ0n) is 20.1. The number of carbonyl (C=O) groups is 3. The Morgan fingerprint density at radius 3 is 1.91 bits per heavy atom. The zero-order chi connectivity index (χ0) is 24.7. The molecule has 0 aliphatic rings. The predicted molar refractivity (Wildman–Crippen MR) is 125 cm³/mol. The van der Waals surface area contributed by atoms with Gasteiger partial charge in [-0.05, 0) is 44.0 Å². The van der Waals surface area contributed by atoms with E-state index in [0.29, 0.717) is 17.2 Å². The number of rotatable bonds is 9. The number of nitrogens with zero attached hydrogens (tertiary/aromatic N) is 1. The minimum Gasteiger partial charge on any atom is -0.493 e. The fourth-order valence-electron chi connectivity index (χ4n) is 3.46. The number of methoxy groups -OCH3 is 3. The Hall–Kier alpha value is -3.75. The molecule has 2 aromatic rings. The molecule has 0 saturated heterocycles. The molecule has 0 unspecified atom stereocenters. The van der Waals surface area contributed by atoms with Crippen LogP contribution in [0.4, 0.5) is 5.69 Å². The lowest BCUT2D eigenvalue weighted by Gasteiger charge is -2.19. The molecule has 0 heterocycles. The van der Waals surface area contributed by atoms with Gasteiger partial charge in [0.15, 0.2) is 11.5 Å². The van der Waals surface area contributed by atoms with Crippen molar-refractivity contribution >= 4 is 23.4 Å². The largest absolute Gasteiger partial charge is 0.493 e. The van der Waals surface area contributed by atoms with E-state index in [2.05, 4.69) is 10.6 Å². The second-order valence-corrected chi connectivity index (χ2v) is 7.67. The summed E-state index contributed by atoms with van der Waals surface area (Å²) in [5, 5.41) is 5.41. The van der Waals surface area contributed by atoms with Crippen LogP contribution >= 0.6 is 0 Å². The number of aryl methyl sites for hydroxylation is 3. The average molecular weight is 458 g/mol. The molecular formula is C24H31N3O6. The van der Waals surface area contributed by atoms with Crippen molar-refractivity contribution in [1.29, 1.82) is 0 Å². The Bertz CT molecular complexity index is 1000. The van der Waals surface area contributed by atoms with Gasteiger partial charge in [-0.25, -0.2) is 0 Å². The quantitative estimate of drug-likeness (QED) is 0.599. The molecule has 0 aliphatic carbocycles. The Labute approximate surface area is 194 Å². The smallest absolute Gasteiger partial charge is 0.251 e. The van der Waals surface area contributed by atoms with Gasteiger partial charge in [0, 0.05) is 18.3 Å². The van der Waals surface area contributed by atoms with Crippen LogP contribution in [0.5, 0.6) is 17.2 Å². The Morgan fingerprint density at radius 2 is 1.42 bits per heavy atom. The van der Waals surface area contributed by atoms with Crippen molar-refractivity contribution in [3.8, 4) is 17.2 Å². The summed E-state index contributed by atoms with van der Waals surface area (Å²) < 4.78 is 15.7. The average Bonchev–Trinajstić information content (AvgIpc) is 2.78. The van der Waals surface area contributed by atoms with Gasteiger partial charge in [-0.1, -0.05) is 17.7 Å². The van der Waals surface area contributed by atoms with Crippen LogP contribution in [0.3, 0.4) is 0 Å². The third kappa shape index (κ3) is 6.38. The van der Waals surface area contributed by atoms with Crippen LogP contribution in [0.15, 0.2) is 24.3 Å². The summed E-state index contributed by atoms with van der Waals surface area (Å²) in [5.74, 6) is -0.225. The summed E-state index contributed by atoms with van der Waals surface area (Å²) in [6.45, 7) is 5.41. The molecule has 0 fully saturated rings. The summed E-state index contributed by atoms with van der Waals surface area (Å²) in [6.07, 6.45) is 0. The van der Waals surface area contributed by atoms with E-state index in [4.69, 9.17) is 14.2 Å². The van der Waals surface area contributed by atoms with E-state index in [9.17, 15) is 14.4 Å². The number of nitrogens with one attached hydrogen (secondary N) is 2. The number of ether oxygens (including phenoxy) is 3. The minimum atomic E-state index is -0.494. The van der Waals surface area contributed by atoms with E-state index in [1.54, 1.807) is 0 Å². The summed E-state index contributed by atoms with van der Waals surface area (Å²) in [7, 11) is 5.86. The molecule has 2 rings (SSSR count). The van der Waals surface area contributed by atoms with Crippen LogP contribution < -0.4 is 24.8 Å². The zero-order valence-corrected chi connectivity index (χ0v) is 20.1. The number of likely N-dealkylation sites (N-methyl/N-ethyl adjacent to an activating group) is 1. The van der Waals surface area contributed by atoms with Crippen LogP contribution in [0, 0.1) is 20.8 Å². The van der Waals surface area contributed by atoms with Crippen molar-refractivity contribution in [3.05, 3.63) is 46.5 Å². The number of carbonyl (C=O) groups excluding carboxylic acids is 3. The number of benzene rings is 2. The van der Waals surface area contributed by atoms with Crippen molar-refractivity contribution in [2.75, 3.05) is 46.8 Å². The SMILES string of the molecule is COc1cc(C(=O)NCC(=O)N(C)CC(=O)Nc2c(C)cc(C)cc2C)cc(OC)c1OC. The van der Waals surface area contributed by atoms with Gasteiger partial charge >= 0.3 is 0 Å². The molecule has 0 spiro atoms. The first kappa shape index (κ1) is 25.5. The lowest BCUT2D eigenvalue weighted by Crippen LogP contribution is -2.41. The third-order valence-corrected chi connectivity index (χ3v) is 5.08. The van der Waals surface area contributed by atoms with Crippen LogP contribution in [0.25, 0.3) is 0 Å². The van der Waals surface area contributed by atoms with Crippen molar-refractivity contribution in [2.45, 2.75) is 20.8 Å². The lowest BCUT2D eigenvalue weighted by molar-refractivity contribution is -0.132. The highest BCUT2D eigenvalue weighted by Crippen LogP contribution is 2.38. The van der Waals surface area contributed by atoms with Crippen molar-refractivity contribution in [2.24, 2.45) is 0 Å². The maximum absolute atomic E-state index is 12.6. The number of hydrogen-bond donors (Lipinski definition) is 2. The molecule has 33 heavy (non-hydrogen) atoms. The first-order chi connectivity index (χ1) is 15.6. The standard InChI is InChI=1S/C24H31N3O6/c1-14-8-15(2)22(16(3)9-14)26-20(28)13-27(4)21(29)12-25-24(30)17-10-18(31-5)23(33-7)19(11-17)32-6/h8-11H,12-13H2,1-7H3,(H,25,30)(H,26,28). The summed E-state index contributed by atoms with van der Waals surface area (Å²) >= 11 is 0. The molecule has 0 atom stereocenters. The van der Waals surface area contributed by atoms with Crippen LogP contribution in [-0.4, -0.2) is 64.1 Å². The second-order valence-electron chi connectivity index (χ2n) is 7.67. The monoisotopic (exact) mass is 457 g/mol. The Kier molecular flexibility index (Phi) is 8.67. The van der Waals surface area contributed by atoms with Gasteiger partial charge in [0.1, 0.15) is 0 Å². The van der Waals surface area contributed by atoms with Crippen molar-refractivity contribution < 1.29 is 28.6 Å². The molecule has 3 amide bonds. The van der Waals surface area contributed by atoms with Gasteiger partial charge < -0.3 is 29.7 Å². The van der Waals surface area contributed by atoms with Gasteiger partial charge in [0.25, 0.3) is 5.91 Å². The molecule has 2 aromatic carbocycles. The molecule has 9 heteroatoms. The molecular weight excluding hydrogens is 426 g/mol. The number of anilines is 1. The molecule has 0 bridgehead atoms. The van der Waals surface area contributed by atoms with Gasteiger partial charge in [-0.2, -0.15) is 0 Å². The maximum Gasteiger partial charge on any atom is 0.251 e. The molecule has 0 aliphatic heterocycles. The highest BCUT2D eigenvalue weighted by molar-refractivity contribution is 5.99. The van der Waals surface area contributed by atoms with Crippen molar-refractivity contribution in [1.82, 2.24) is 10.2 Å². The topological polar surface area (TPSA) is 106 Å². The van der Waals surface area contributed by atoms with Crippen molar-refractivity contribution in [3.63, 3.8) is 0 Å². The Balaban J connectivity index is 1.97. The van der Waals surface area contributed by atoms with Gasteiger partial charge in [-0.3, -0.25) is 14.4 Å². The second kappa shape index (κ2) is 11.2. The molecule has 0 radical (unpaired) electrons. The fourth-order valence-corrected chi connectivity index (χ4v) is 3.46. The van der Waals surface area contributed by atoms with E-state index >= 15 is 0 Å². The number of amides is 3. The van der Waals surface area contributed by atoms with E-state index in [0.717, 1.165) is 22.4 Å². The summed E-state index contributed by atoms with van der Waals surface area (Å²) in [5.41, 5.74) is 3.99.